The van der Waals surface area contributed by atoms with Gasteiger partial charge >= 0.3 is 0 Å². The van der Waals surface area contributed by atoms with E-state index in [1.807, 2.05) is 0 Å². The predicted octanol–water partition coefficient (Wildman–Crippen LogP) is 1.56. The van der Waals surface area contributed by atoms with Crippen molar-refractivity contribution in [2.45, 2.75) is 0 Å². The molecule has 1 aromatic heterocycles. The van der Waals surface area contributed by atoms with E-state index in [0.717, 1.165) is 5.69 Å². The highest BCUT2D eigenvalue weighted by atomic mass is 35.5. The van der Waals surface area contributed by atoms with Crippen molar-refractivity contribution in [3.05, 3.63) is 35.0 Å². The minimum absolute atomic E-state index is 0.127. The molecule has 0 fully saturated rings. The number of nitrogens with zero attached hydrogens (tertiary/aromatic N) is 3. The van der Waals surface area contributed by atoms with E-state index in [4.69, 9.17) is 22.5 Å². The third-order valence-corrected chi connectivity index (χ3v) is 2.20. The number of anilines is 2. The number of hydrogen-bond acceptors (Lipinski definition) is 6. The van der Waals surface area contributed by atoms with Crippen LogP contribution in [0.2, 0.25) is 5.02 Å². The highest BCUT2D eigenvalue weighted by Gasteiger charge is 2.14. The standard InChI is InChI=1S/C9H8ClN5O2/c10-5-1-3-6(4-2-5)12-9-7(8(11)13-16)14-17-15-9/h1-4,16H,(H2,11,13)(H,12,15). The van der Waals surface area contributed by atoms with Crippen molar-refractivity contribution in [1.82, 2.24) is 10.3 Å². The molecule has 0 aliphatic carbocycles. The van der Waals surface area contributed by atoms with E-state index in [0.29, 0.717) is 5.02 Å². The highest BCUT2D eigenvalue weighted by molar-refractivity contribution is 6.30. The quantitative estimate of drug-likeness (QED) is 0.331. The van der Waals surface area contributed by atoms with Crippen LogP contribution in [-0.2, 0) is 0 Å². The lowest BCUT2D eigenvalue weighted by Gasteiger charge is -2.02. The number of rotatable bonds is 3. The Morgan fingerprint density at radius 2 is 2.06 bits per heavy atom. The molecule has 88 valence electrons. The van der Waals surface area contributed by atoms with Gasteiger partial charge in [-0.1, -0.05) is 16.8 Å². The molecule has 0 bridgehead atoms. The Labute approximate surface area is 101 Å². The molecule has 4 N–H and O–H groups in total. The Morgan fingerprint density at radius 1 is 1.35 bits per heavy atom. The van der Waals surface area contributed by atoms with Crippen LogP contribution in [0.15, 0.2) is 34.1 Å². The molecule has 0 atom stereocenters. The van der Waals surface area contributed by atoms with Gasteiger partial charge in [0.25, 0.3) is 0 Å². The van der Waals surface area contributed by atoms with E-state index in [9.17, 15) is 0 Å². The molecule has 2 rings (SSSR count). The molecule has 17 heavy (non-hydrogen) atoms. The number of nitrogens with one attached hydrogen (secondary N) is 1. The molecule has 0 aliphatic rings. The zero-order valence-corrected chi connectivity index (χ0v) is 9.22. The van der Waals surface area contributed by atoms with Crippen molar-refractivity contribution in [3.8, 4) is 0 Å². The number of benzene rings is 1. The maximum absolute atomic E-state index is 8.54. The summed E-state index contributed by atoms with van der Waals surface area (Å²) in [7, 11) is 0. The summed E-state index contributed by atoms with van der Waals surface area (Å²) in [5, 5.41) is 22.0. The Hall–Kier alpha value is -2.28. The molecule has 0 radical (unpaired) electrons. The molecule has 1 aromatic carbocycles. The van der Waals surface area contributed by atoms with Gasteiger partial charge in [0.2, 0.25) is 5.82 Å². The second-order valence-corrected chi connectivity index (χ2v) is 3.52. The largest absolute Gasteiger partial charge is 0.409 e. The average molecular weight is 254 g/mol. The number of amidine groups is 1. The fourth-order valence-electron chi connectivity index (χ4n) is 1.16. The maximum Gasteiger partial charge on any atom is 0.206 e. The normalized spacial score (nSPS) is 11.5. The topological polar surface area (TPSA) is 110 Å². The van der Waals surface area contributed by atoms with Gasteiger partial charge in [-0.05, 0) is 34.6 Å². The molecule has 0 saturated carbocycles. The molecule has 0 spiro atoms. The van der Waals surface area contributed by atoms with E-state index in [1.165, 1.54) is 0 Å². The Kier molecular flexibility index (Phi) is 3.10. The lowest BCUT2D eigenvalue weighted by Crippen LogP contribution is -2.15. The predicted molar refractivity (Wildman–Crippen MR) is 61.5 cm³/mol. The zero-order valence-electron chi connectivity index (χ0n) is 8.46. The van der Waals surface area contributed by atoms with Gasteiger partial charge in [-0.15, -0.1) is 0 Å². The smallest absolute Gasteiger partial charge is 0.206 e. The van der Waals surface area contributed by atoms with Crippen LogP contribution in [0.4, 0.5) is 11.5 Å². The van der Waals surface area contributed by atoms with Crippen LogP contribution in [0.1, 0.15) is 5.69 Å². The van der Waals surface area contributed by atoms with Crippen LogP contribution in [0.3, 0.4) is 0 Å². The fraction of sp³-hybridized carbons (Fsp3) is 0. The van der Waals surface area contributed by atoms with Gasteiger partial charge in [0, 0.05) is 10.7 Å². The number of halogens is 1. The Bertz CT molecular complexity index is 537. The molecule has 0 saturated heterocycles. The molecule has 7 nitrogen and oxygen atoms in total. The summed E-state index contributed by atoms with van der Waals surface area (Å²) in [6.45, 7) is 0. The first-order valence-electron chi connectivity index (χ1n) is 4.53. The van der Waals surface area contributed by atoms with E-state index in [1.54, 1.807) is 24.3 Å². The van der Waals surface area contributed by atoms with E-state index >= 15 is 0 Å². The van der Waals surface area contributed by atoms with Gasteiger partial charge in [0.1, 0.15) is 0 Å². The monoisotopic (exact) mass is 253 g/mol. The number of oxime groups is 1. The van der Waals surface area contributed by atoms with Gasteiger partial charge in [0.15, 0.2) is 11.5 Å². The first-order valence-corrected chi connectivity index (χ1v) is 4.91. The van der Waals surface area contributed by atoms with Crippen LogP contribution in [0.5, 0.6) is 0 Å². The molecule has 0 unspecified atom stereocenters. The lowest BCUT2D eigenvalue weighted by atomic mass is 10.3. The summed E-state index contributed by atoms with van der Waals surface area (Å²) < 4.78 is 4.50. The molecule has 1 heterocycles. The summed E-state index contributed by atoms with van der Waals surface area (Å²) in [6, 6.07) is 6.90. The summed E-state index contributed by atoms with van der Waals surface area (Å²) in [6.07, 6.45) is 0. The maximum atomic E-state index is 8.54. The highest BCUT2D eigenvalue weighted by Crippen LogP contribution is 2.19. The fourth-order valence-corrected chi connectivity index (χ4v) is 1.28. The van der Waals surface area contributed by atoms with Gasteiger partial charge < -0.3 is 16.3 Å². The number of hydrogen-bond donors (Lipinski definition) is 3. The summed E-state index contributed by atoms with van der Waals surface area (Å²) in [5.74, 6) is 0.0605. The third kappa shape index (κ3) is 2.45. The van der Waals surface area contributed by atoms with Crippen molar-refractivity contribution in [2.24, 2.45) is 10.9 Å². The van der Waals surface area contributed by atoms with Crippen molar-refractivity contribution in [1.29, 1.82) is 0 Å². The Balaban J connectivity index is 2.25. The van der Waals surface area contributed by atoms with Crippen LogP contribution in [-0.4, -0.2) is 21.4 Å². The van der Waals surface area contributed by atoms with Crippen LogP contribution < -0.4 is 11.1 Å². The van der Waals surface area contributed by atoms with Crippen LogP contribution in [0.25, 0.3) is 0 Å². The average Bonchev–Trinajstić information content (AvgIpc) is 2.79. The minimum atomic E-state index is -0.192. The second-order valence-electron chi connectivity index (χ2n) is 3.08. The van der Waals surface area contributed by atoms with Crippen molar-refractivity contribution >= 4 is 28.9 Å². The molecular weight excluding hydrogens is 246 g/mol. The molecule has 8 heteroatoms. The summed E-state index contributed by atoms with van der Waals surface area (Å²) in [5.41, 5.74) is 6.24. The molecule has 2 aromatic rings. The van der Waals surface area contributed by atoms with Gasteiger partial charge in [-0.3, -0.25) is 0 Å². The van der Waals surface area contributed by atoms with Crippen LogP contribution >= 0.6 is 11.6 Å². The molecule has 0 amide bonds. The lowest BCUT2D eigenvalue weighted by molar-refractivity contribution is 0.305. The number of nitrogens with two attached hydrogens (primary N) is 1. The molecule has 0 aliphatic heterocycles. The van der Waals surface area contributed by atoms with E-state index in [-0.39, 0.29) is 17.3 Å². The Morgan fingerprint density at radius 3 is 2.71 bits per heavy atom. The molecular formula is C9H8ClN5O2. The second kappa shape index (κ2) is 4.71. The van der Waals surface area contributed by atoms with Crippen molar-refractivity contribution in [3.63, 3.8) is 0 Å². The first-order chi connectivity index (χ1) is 8.20. The van der Waals surface area contributed by atoms with Crippen LogP contribution in [0, 0.1) is 0 Å². The van der Waals surface area contributed by atoms with Gasteiger partial charge in [0.05, 0.1) is 0 Å². The summed E-state index contributed by atoms with van der Waals surface area (Å²) >= 11 is 5.75. The number of aromatic nitrogens is 2. The third-order valence-electron chi connectivity index (χ3n) is 1.95. The van der Waals surface area contributed by atoms with Crippen molar-refractivity contribution < 1.29 is 9.84 Å². The van der Waals surface area contributed by atoms with E-state index in [2.05, 4.69) is 25.4 Å². The first kappa shape index (κ1) is 11.2. The van der Waals surface area contributed by atoms with Crippen molar-refractivity contribution in [2.75, 3.05) is 5.32 Å². The van der Waals surface area contributed by atoms with Gasteiger partial charge in [-0.2, -0.15) is 0 Å². The summed E-state index contributed by atoms with van der Waals surface area (Å²) in [4.78, 5) is 0. The minimum Gasteiger partial charge on any atom is -0.409 e. The van der Waals surface area contributed by atoms with Gasteiger partial charge in [-0.25, -0.2) is 4.63 Å². The van der Waals surface area contributed by atoms with E-state index < -0.39 is 0 Å². The zero-order chi connectivity index (χ0) is 12.3. The SMILES string of the molecule is NC(=NO)c1nonc1Nc1ccc(Cl)cc1.